The molecular formula is C13H17NO. The lowest BCUT2D eigenvalue weighted by Gasteiger charge is -2.02. The minimum Gasteiger partial charge on any atom is -0.352 e. The molecule has 0 radical (unpaired) electrons. The van der Waals surface area contributed by atoms with Gasteiger partial charge in [0.2, 0.25) is 5.91 Å². The van der Waals surface area contributed by atoms with E-state index in [4.69, 9.17) is 0 Å². The van der Waals surface area contributed by atoms with Crippen LogP contribution in [0.15, 0.2) is 42.5 Å². The Balaban J connectivity index is 2.22. The minimum absolute atomic E-state index is 0.00668. The van der Waals surface area contributed by atoms with Crippen molar-refractivity contribution in [1.29, 1.82) is 0 Å². The molecule has 2 heteroatoms. The summed E-state index contributed by atoms with van der Waals surface area (Å²) in [6.07, 6.45) is 5.22. The molecule has 0 bridgehead atoms. The van der Waals surface area contributed by atoms with Crippen molar-refractivity contribution >= 4 is 5.91 Å². The van der Waals surface area contributed by atoms with E-state index in [1.54, 1.807) is 6.08 Å². The van der Waals surface area contributed by atoms with Gasteiger partial charge in [0.15, 0.2) is 0 Å². The first-order valence-electron chi connectivity index (χ1n) is 5.31. The lowest BCUT2D eigenvalue weighted by Crippen LogP contribution is -2.23. The highest BCUT2D eigenvalue weighted by Crippen LogP contribution is 1.97. The summed E-state index contributed by atoms with van der Waals surface area (Å²) in [7, 11) is 0. The summed E-state index contributed by atoms with van der Waals surface area (Å²) >= 11 is 0. The van der Waals surface area contributed by atoms with Crippen LogP contribution in [-0.4, -0.2) is 12.5 Å². The predicted molar refractivity (Wildman–Crippen MR) is 62.6 cm³/mol. The van der Waals surface area contributed by atoms with Crippen LogP contribution in [0.3, 0.4) is 0 Å². The van der Waals surface area contributed by atoms with E-state index in [2.05, 4.69) is 17.4 Å². The number of hydrogen-bond donors (Lipinski definition) is 1. The number of carbonyl (C=O) groups is 1. The molecule has 2 nitrogen and oxygen atoms in total. The van der Waals surface area contributed by atoms with Crippen molar-refractivity contribution in [2.24, 2.45) is 0 Å². The number of rotatable bonds is 5. The quantitative estimate of drug-likeness (QED) is 0.731. The minimum atomic E-state index is -0.00668. The van der Waals surface area contributed by atoms with Crippen LogP contribution in [0.25, 0.3) is 0 Å². The number of hydrogen-bond acceptors (Lipinski definition) is 1. The molecule has 1 N–H and O–H groups in total. The van der Waals surface area contributed by atoms with Gasteiger partial charge in [0.1, 0.15) is 0 Å². The molecule has 0 atom stereocenters. The van der Waals surface area contributed by atoms with Crippen molar-refractivity contribution in [1.82, 2.24) is 5.32 Å². The second kappa shape index (κ2) is 6.82. The molecule has 1 amide bonds. The molecular weight excluding hydrogens is 186 g/mol. The van der Waals surface area contributed by atoms with Crippen molar-refractivity contribution in [3.8, 4) is 0 Å². The SMILES string of the molecule is CCC=CC(=O)NCCc1ccccc1. The van der Waals surface area contributed by atoms with Crippen LogP contribution in [0.4, 0.5) is 0 Å². The van der Waals surface area contributed by atoms with E-state index in [9.17, 15) is 4.79 Å². The van der Waals surface area contributed by atoms with E-state index in [1.165, 1.54) is 5.56 Å². The summed E-state index contributed by atoms with van der Waals surface area (Å²) in [6.45, 7) is 2.70. The van der Waals surface area contributed by atoms with Gasteiger partial charge >= 0.3 is 0 Å². The van der Waals surface area contributed by atoms with Gasteiger partial charge in [-0.2, -0.15) is 0 Å². The normalized spacial score (nSPS) is 10.5. The van der Waals surface area contributed by atoms with E-state index in [-0.39, 0.29) is 5.91 Å². The van der Waals surface area contributed by atoms with Gasteiger partial charge in [0, 0.05) is 6.54 Å². The molecule has 0 spiro atoms. The Bertz CT molecular complexity index is 317. The molecule has 1 aromatic rings. The zero-order valence-electron chi connectivity index (χ0n) is 9.07. The Kier molecular flexibility index (Phi) is 5.23. The maximum Gasteiger partial charge on any atom is 0.243 e. The first-order valence-corrected chi connectivity index (χ1v) is 5.31. The largest absolute Gasteiger partial charge is 0.352 e. The summed E-state index contributed by atoms with van der Waals surface area (Å²) in [6, 6.07) is 10.1. The third-order valence-electron chi connectivity index (χ3n) is 2.06. The van der Waals surface area contributed by atoms with E-state index in [0.717, 1.165) is 12.8 Å². The second-order valence-corrected chi connectivity index (χ2v) is 3.34. The fourth-order valence-electron chi connectivity index (χ4n) is 1.26. The molecule has 0 saturated heterocycles. The van der Waals surface area contributed by atoms with Gasteiger partial charge in [0.05, 0.1) is 0 Å². The van der Waals surface area contributed by atoms with Crippen LogP contribution in [0.1, 0.15) is 18.9 Å². The van der Waals surface area contributed by atoms with Crippen LogP contribution in [0.5, 0.6) is 0 Å². The standard InChI is InChI=1S/C13H17NO/c1-2-3-9-13(15)14-11-10-12-7-5-4-6-8-12/h3-9H,2,10-11H2,1H3,(H,14,15). The van der Waals surface area contributed by atoms with E-state index in [0.29, 0.717) is 6.54 Å². The second-order valence-electron chi connectivity index (χ2n) is 3.34. The topological polar surface area (TPSA) is 29.1 Å². The smallest absolute Gasteiger partial charge is 0.243 e. The molecule has 1 aromatic carbocycles. The average molecular weight is 203 g/mol. The zero-order valence-corrected chi connectivity index (χ0v) is 9.07. The fraction of sp³-hybridized carbons (Fsp3) is 0.308. The zero-order chi connectivity index (χ0) is 10.9. The van der Waals surface area contributed by atoms with Gasteiger partial charge in [0.25, 0.3) is 0 Å². The number of benzene rings is 1. The van der Waals surface area contributed by atoms with Crippen LogP contribution in [-0.2, 0) is 11.2 Å². The highest BCUT2D eigenvalue weighted by atomic mass is 16.1. The first kappa shape index (κ1) is 11.5. The van der Waals surface area contributed by atoms with Crippen molar-refractivity contribution in [2.75, 3.05) is 6.54 Å². The Morgan fingerprint density at radius 1 is 1.33 bits per heavy atom. The highest BCUT2D eigenvalue weighted by molar-refractivity contribution is 5.87. The molecule has 0 aliphatic rings. The Morgan fingerprint density at radius 3 is 2.73 bits per heavy atom. The maximum absolute atomic E-state index is 11.2. The monoisotopic (exact) mass is 203 g/mol. The summed E-state index contributed by atoms with van der Waals surface area (Å²) in [5.41, 5.74) is 1.25. The number of nitrogens with one attached hydrogen (secondary N) is 1. The van der Waals surface area contributed by atoms with Gasteiger partial charge in [-0.05, 0) is 24.5 Å². The maximum atomic E-state index is 11.2. The van der Waals surface area contributed by atoms with Crippen LogP contribution in [0, 0.1) is 0 Å². The van der Waals surface area contributed by atoms with Gasteiger partial charge < -0.3 is 5.32 Å². The lowest BCUT2D eigenvalue weighted by molar-refractivity contribution is -0.116. The van der Waals surface area contributed by atoms with Gasteiger partial charge in [-0.25, -0.2) is 0 Å². The molecule has 15 heavy (non-hydrogen) atoms. The Labute approximate surface area is 91.0 Å². The molecule has 1 rings (SSSR count). The van der Waals surface area contributed by atoms with Crippen LogP contribution in [0.2, 0.25) is 0 Å². The third-order valence-corrected chi connectivity index (χ3v) is 2.06. The molecule has 0 saturated carbocycles. The summed E-state index contributed by atoms with van der Waals surface area (Å²) in [4.78, 5) is 11.2. The van der Waals surface area contributed by atoms with Gasteiger partial charge in [-0.1, -0.05) is 43.3 Å². The number of carbonyl (C=O) groups excluding carboxylic acids is 1. The first-order chi connectivity index (χ1) is 7.33. The number of allylic oxidation sites excluding steroid dienone is 1. The van der Waals surface area contributed by atoms with E-state index < -0.39 is 0 Å². The molecule has 0 aromatic heterocycles. The van der Waals surface area contributed by atoms with E-state index in [1.807, 2.05) is 31.2 Å². The third kappa shape index (κ3) is 5.01. The van der Waals surface area contributed by atoms with Gasteiger partial charge in [-0.3, -0.25) is 4.79 Å². The molecule has 0 aliphatic carbocycles. The molecule has 0 unspecified atom stereocenters. The van der Waals surface area contributed by atoms with Crippen molar-refractivity contribution in [2.45, 2.75) is 19.8 Å². The van der Waals surface area contributed by atoms with Crippen molar-refractivity contribution < 1.29 is 4.79 Å². The fourth-order valence-corrected chi connectivity index (χ4v) is 1.26. The predicted octanol–water partition coefficient (Wildman–Crippen LogP) is 2.31. The summed E-state index contributed by atoms with van der Waals surface area (Å²) in [5, 5.41) is 2.84. The van der Waals surface area contributed by atoms with Gasteiger partial charge in [-0.15, -0.1) is 0 Å². The molecule has 80 valence electrons. The molecule has 0 heterocycles. The molecule has 0 fully saturated rings. The summed E-state index contributed by atoms with van der Waals surface area (Å²) < 4.78 is 0. The van der Waals surface area contributed by atoms with Crippen LogP contribution >= 0.6 is 0 Å². The lowest BCUT2D eigenvalue weighted by atomic mass is 10.1. The molecule has 0 aliphatic heterocycles. The highest BCUT2D eigenvalue weighted by Gasteiger charge is 1.94. The van der Waals surface area contributed by atoms with Crippen LogP contribution < -0.4 is 5.32 Å². The Hall–Kier alpha value is -1.57. The van der Waals surface area contributed by atoms with E-state index >= 15 is 0 Å². The Morgan fingerprint density at radius 2 is 2.07 bits per heavy atom. The average Bonchev–Trinajstić information content (AvgIpc) is 2.28. The van der Waals surface area contributed by atoms with Crippen molar-refractivity contribution in [3.05, 3.63) is 48.0 Å². The summed E-state index contributed by atoms with van der Waals surface area (Å²) in [5.74, 6) is -0.00668. The van der Waals surface area contributed by atoms with Crippen molar-refractivity contribution in [3.63, 3.8) is 0 Å². The number of amides is 1.